The van der Waals surface area contributed by atoms with Crippen LogP contribution in [-0.4, -0.2) is 0 Å². The Morgan fingerprint density at radius 2 is 2.18 bits per heavy atom. The highest BCUT2D eigenvalue weighted by molar-refractivity contribution is 5.16. The Morgan fingerprint density at radius 1 is 1.55 bits per heavy atom. The van der Waals surface area contributed by atoms with Crippen LogP contribution in [0, 0.1) is 18.3 Å². The third kappa shape index (κ3) is 1.37. The van der Waals surface area contributed by atoms with Crippen molar-refractivity contribution < 1.29 is 13.2 Å². The van der Waals surface area contributed by atoms with Gasteiger partial charge in [0.2, 0.25) is 0 Å². The molecule has 0 bridgehead atoms. The molecular formula is C7H5F2NO. The van der Waals surface area contributed by atoms with Crippen molar-refractivity contribution in [3.63, 3.8) is 0 Å². The molecule has 1 heterocycles. The Hall–Kier alpha value is -1.37. The quantitative estimate of drug-likeness (QED) is 0.626. The van der Waals surface area contributed by atoms with E-state index >= 15 is 0 Å². The molecule has 1 aromatic rings. The van der Waals surface area contributed by atoms with Crippen LogP contribution in [0.1, 0.15) is 11.5 Å². The Kier molecular flexibility index (Phi) is 1.65. The third-order valence-corrected chi connectivity index (χ3v) is 1.19. The first kappa shape index (κ1) is 7.73. The molecule has 0 aliphatic carbocycles. The minimum Gasteiger partial charge on any atom is -0.459 e. The summed E-state index contributed by atoms with van der Waals surface area (Å²) in [6, 6.07) is 3.33. The van der Waals surface area contributed by atoms with Crippen LogP contribution in [-0.2, 0) is 5.92 Å². The summed E-state index contributed by atoms with van der Waals surface area (Å²) in [6.45, 7) is 1.54. The summed E-state index contributed by atoms with van der Waals surface area (Å²) < 4.78 is 29.5. The smallest absolute Gasteiger partial charge is 0.388 e. The average Bonchev–Trinajstić information content (AvgIpc) is 2.36. The van der Waals surface area contributed by atoms with Crippen molar-refractivity contribution in [3.05, 3.63) is 23.7 Å². The first-order valence-electron chi connectivity index (χ1n) is 2.92. The van der Waals surface area contributed by atoms with E-state index in [0.29, 0.717) is 5.76 Å². The van der Waals surface area contributed by atoms with Gasteiger partial charge in [0.1, 0.15) is 11.8 Å². The minimum absolute atomic E-state index is 0.370. The van der Waals surface area contributed by atoms with Crippen LogP contribution in [0.5, 0.6) is 0 Å². The SMILES string of the molecule is Cc1ccc(C(F)(F)C#N)o1. The molecule has 0 N–H and O–H groups in total. The number of nitrogens with zero attached hydrogens (tertiary/aromatic N) is 1. The van der Waals surface area contributed by atoms with E-state index in [-0.39, 0.29) is 0 Å². The minimum atomic E-state index is -3.51. The summed E-state index contributed by atoms with van der Waals surface area (Å²) in [5, 5.41) is 8.00. The van der Waals surface area contributed by atoms with Crippen LogP contribution in [0.3, 0.4) is 0 Å². The summed E-state index contributed by atoms with van der Waals surface area (Å²) in [5.41, 5.74) is 0. The number of aryl methyl sites for hydroxylation is 1. The number of nitriles is 1. The first-order valence-corrected chi connectivity index (χ1v) is 2.92. The molecule has 0 radical (unpaired) electrons. The van der Waals surface area contributed by atoms with E-state index < -0.39 is 11.7 Å². The van der Waals surface area contributed by atoms with E-state index in [9.17, 15) is 8.78 Å². The molecule has 0 atom stereocenters. The molecule has 58 valence electrons. The maximum atomic E-state index is 12.4. The highest BCUT2D eigenvalue weighted by Crippen LogP contribution is 2.27. The fourth-order valence-electron chi connectivity index (χ4n) is 0.658. The molecule has 4 heteroatoms. The molecule has 1 aromatic heterocycles. The van der Waals surface area contributed by atoms with Gasteiger partial charge in [-0.15, -0.1) is 0 Å². The lowest BCUT2D eigenvalue weighted by atomic mass is 10.3. The second-order valence-corrected chi connectivity index (χ2v) is 2.10. The first-order chi connectivity index (χ1) is 5.06. The van der Waals surface area contributed by atoms with Gasteiger partial charge in [0.15, 0.2) is 5.76 Å². The van der Waals surface area contributed by atoms with Gasteiger partial charge in [-0.05, 0) is 19.1 Å². The molecule has 0 amide bonds. The van der Waals surface area contributed by atoms with Crippen molar-refractivity contribution in [2.75, 3.05) is 0 Å². The molecule has 0 fully saturated rings. The molecule has 11 heavy (non-hydrogen) atoms. The zero-order valence-electron chi connectivity index (χ0n) is 5.77. The van der Waals surface area contributed by atoms with Crippen LogP contribution in [0.2, 0.25) is 0 Å². The molecule has 0 unspecified atom stereocenters. The fourth-order valence-corrected chi connectivity index (χ4v) is 0.658. The Morgan fingerprint density at radius 3 is 2.55 bits per heavy atom. The monoisotopic (exact) mass is 157 g/mol. The molecule has 1 rings (SSSR count). The summed E-state index contributed by atoms with van der Waals surface area (Å²) in [6.07, 6.45) is 0. The van der Waals surface area contributed by atoms with E-state index in [2.05, 4.69) is 4.42 Å². The average molecular weight is 157 g/mol. The van der Waals surface area contributed by atoms with Crippen molar-refractivity contribution in [1.29, 1.82) is 5.26 Å². The summed E-state index contributed by atoms with van der Waals surface area (Å²) in [7, 11) is 0. The van der Waals surface area contributed by atoms with E-state index in [1.54, 1.807) is 0 Å². The van der Waals surface area contributed by atoms with E-state index in [1.165, 1.54) is 13.0 Å². The number of halogens is 2. The number of alkyl halides is 2. The second-order valence-electron chi connectivity index (χ2n) is 2.10. The lowest BCUT2D eigenvalue weighted by Crippen LogP contribution is -2.07. The van der Waals surface area contributed by atoms with Gasteiger partial charge in [0, 0.05) is 0 Å². The number of rotatable bonds is 1. The number of hydrogen-bond donors (Lipinski definition) is 0. The third-order valence-electron chi connectivity index (χ3n) is 1.19. The van der Waals surface area contributed by atoms with Gasteiger partial charge in [-0.25, -0.2) is 0 Å². The normalized spacial score (nSPS) is 11.1. The van der Waals surface area contributed by atoms with Crippen LogP contribution >= 0.6 is 0 Å². The molecular weight excluding hydrogens is 152 g/mol. The summed E-state index contributed by atoms with van der Waals surface area (Å²) >= 11 is 0. The van der Waals surface area contributed by atoms with E-state index in [0.717, 1.165) is 12.1 Å². The lowest BCUT2D eigenvalue weighted by molar-refractivity contribution is 0.0355. The van der Waals surface area contributed by atoms with Crippen molar-refractivity contribution in [2.45, 2.75) is 12.8 Å². The van der Waals surface area contributed by atoms with Crippen LogP contribution < -0.4 is 0 Å². The van der Waals surface area contributed by atoms with Crippen molar-refractivity contribution in [1.82, 2.24) is 0 Å². The van der Waals surface area contributed by atoms with Crippen molar-refractivity contribution in [3.8, 4) is 6.07 Å². The molecule has 0 saturated heterocycles. The Labute approximate surface area is 62.0 Å². The van der Waals surface area contributed by atoms with Crippen LogP contribution in [0.4, 0.5) is 8.78 Å². The zero-order valence-corrected chi connectivity index (χ0v) is 5.77. The van der Waals surface area contributed by atoms with E-state index in [4.69, 9.17) is 5.26 Å². The summed E-state index contributed by atoms with van der Waals surface area (Å²) in [4.78, 5) is 0. The molecule has 0 aromatic carbocycles. The van der Waals surface area contributed by atoms with Gasteiger partial charge in [-0.1, -0.05) is 0 Å². The predicted molar refractivity (Wildman–Crippen MR) is 33.0 cm³/mol. The molecule has 0 saturated carbocycles. The fraction of sp³-hybridized carbons (Fsp3) is 0.286. The van der Waals surface area contributed by atoms with Gasteiger partial charge in [0.05, 0.1) is 0 Å². The largest absolute Gasteiger partial charge is 0.459 e. The van der Waals surface area contributed by atoms with Crippen molar-refractivity contribution in [2.24, 2.45) is 0 Å². The maximum Gasteiger partial charge on any atom is 0.388 e. The maximum absolute atomic E-state index is 12.4. The molecule has 0 aliphatic rings. The highest BCUT2D eigenvalue weighted by atomic mass is 19.3. The zero-order chi connectivity index (χ0) is 8.48. The topological polar surface area (TPSA) is 36.9 Å². The molecule has 2 nitrogen and oxygen atoms in total. The van der Waals surface area contributed by atoms with Gasteiger partial charge >= 0.3 is 5.92 Å². The lowest BCUT2D eigenvalue weighted by Gasteiger charge is -2.00. The standard InChI is InChI=1S/C7H5F2NO/c1-5-2-3-6(11-5)7(8,9)4-10/h2-3H,1H3. The van der Waals surface area contributed by atoms with E-state index in [1.807, 2.05) is 0 Å². The van der Waals surface area contributed by atoms with Crippen molar-refractivity contribution >= 4 is 0 Å². The van der Waals surface area contributed by atoms with Gasteiger partial charge < -0.3 is 4.42 Å². The van der Waals surface area contributed by atoms with Gasteiger partial charge in [-0.2, -0.15) is 14.0 Å². The molecule has 0 aliphatic heterocycles. The highest BCUT2D eigenvalue weighted by Gasteiger charge is 2.34. The Balaban J connectivity index is 3.04. The Bertz CT molecular complexity index is 298. The number of hydrogen-bond acceptors (Lipinski definition) is 2. The predicted octanol–water partition coefficient (Wildman–Crippen LogP) is 2.20. The van der Waals surface area contributed by atoms with Gasteiger partial charge in [0.25, 0.3) is 0 Å². The molecule has 0 spiro atoms. The van der Waals surface area contributed by atoms with Crippen LogP contribution in [0.25, 0.3) is 0 Å². The number of furan rings is 1. The summed E-state index contributed by atoms with van der Waals surface area (Å²) in [5.74, 6) is -3.73. The van der Waals surface area contributed by atoms with Crippen LogP contribution in [0.15, 0.2) is 16.5 Å². The second kappa shape index (κ2) is 2.35. The van der Waals surface area contributed by atoms with Gasteiger partial charge in [-0.3, -0.25) is 0 Å².